The van der Waals surface area contributed by atoms with Gasteiger partial charge in [-0.05, 0) is 37.5 Å². The van der Waals surface area contributed by atoms with E-state index >= 15 is 0 Å². The molecule has 0 radical (unpaired) electrons. The molecule has 1 heteroatoms. The minimum atomic E-state index is 0.878. The zero-order valence-corrected chi connectivity index (χ0v) is 9.30. The van der Waals surface area contributed by atoms with E-state index in [0.29, 0.717) is 0 Å². The van der Waals surface area contributed by atoms with Crippen molar-refractivity contribution in [3.63, 3.8) is 0 Å². The van der Waals surface area contributed by atoms with Crippen LogP contribution >= 0.6 is 0 Å². The molecule has 0 aromatic rings. The third-order valence-corrected chi connectivity index (χ3v) is 3.73. The molecule has 0 unspecified atom stereocenters. The maximum absolute atomic E-state index is 5.48. The first-order valence-corrected chi connectivity index (χ1v) is 6.13. The van der Waals surface area contributed by atoms with E-state index in [9.17, 15) is 0 Å². The summed E-state index contributed by atoms with van der Waals surface area (Å²) in [5.74, 6) is 1.80. The van der Waals surface area contributed by atoms with Gasteiger partial charge in [-0.2, -0.15) is 0 Å². The molecule has 80 valence electrons. The lowest BCUT2D eigenvalue weighted by Gasteiger charge is -2.12. The zero-order valence-electron chi connectivity index (χ0n) is 9.30. The minimum absolute atomic E-state index is 0.878. The van der Waals surface area contributed by atoms with Crippen molar-refractivity contribution < 1.29 is 4.74 Å². The van der Waals surface area contributed by atoms with Crippen LogP contribution in [0.4, 0.5) is 0 Å². The van der Waals surface area contributed by atoms with E-state index < -0.39 is 0 Å². The molecule has 14 heavy (non-hydrogen) atoms. The summed E-state index contributed by atoms with van der Waals surface area (Å²) < 4.78 is 5.48. The lowest BCUT2D eigenvalue weighted by molar-refractivity contribution is 0.146. The molecule has 0 spiro atoms. The number of allylic oxidation sites excluding steroid dienone is 1. The van der Waals surface area contributed by atoms with Crippen molar-refractivity contribution in [2.24, 2.45) is 11.8 Å². The smallest absolute Gasteiger partial charge is 0.0503 e. The van der Waals surface area contributed by atoms with E-state index in [4.69, 9.17) is 4.74 Å². The van der Waals surface area contributed by atoms with Gasteiger partial charge in [0.2, 0.25) is 0 Å². The molecule has 2 atom stereocenters. The quantitative estimate of drug-likeness (QED) is 0.580. The van der Waals surface area contributed by atoms with Crippen LogP contribution in [0.3, 0.4) is 0 Å². The van der Waals surface area contributed by atoms with Crippen molar-refractivity contribution in [1.29, 1.82) is 0 Å². The molecule has 1 heterocycles. The highest BCUT2D eigenvalue weighted by atomic mass is 16.5. The van der Waals surface area contributed by atoms with Crippen molar-refractivity contribution in [2.75, 3.05) is 13.2 Å². The lowest BCUT2D eigenvalue weighted by atomic mass is 9.93. The number of hydrogen-bond acceptors (Lipinski definition) is 1. The van der Waals surface area contributed by atoms with Crippen LogP contribution in [0, 0.1) is 11.8 Å². The summed E-state index contributed by atoms with van der Waals surface area (Å²) in [6.45, 7) is 4.33. The van der Waals surface area contributed by atoms with Crippen molar-refractivity contribution in [2.45, 2.75) is 45.4 Å². The fraction of sp³-hybridized carbons (Fsp3) is 0.846. The first kappa shape index (κ1) is 10.2. The van der Waals surface area contributed by atoms with Gasteiger partial charge in [-0.15, -0.1) is 0 Å². The lowest BCUT2D eigenvalue weighted by Crippen LogP contribution is -2.01. The van der Waals surface area contributed by atoms with Crippen molar-refractivity contribution in [3.8, 4) is 0 Å². The Hall–Kier alpha value is -0.300. The van der Waals surface area contributed by atoms with E-state index in [1.165, 1.54) is 38.5 Å². The van der Waals surface area contributed by atoms with E-state index in [2.05, 4.69) is 13.0 Å². The molecule has 2 aliphatic rings. The van der Waals surface area contributed by atoms with Crippen LogP contribution in [0.5, 0.6) is 0 Å². The summed E-state index contributed by atoms with van der Waals surface area (Å²) >= 11 is 0. The molecule has 1 aliphatic carbocycles. The summed E-state index contributed by atoms with van der Waals surface area (Å²) in [5, 5.41) is 0. The SMILES string of the molecule is C[C@@H]1CCC[C@H]1/C=C1/CCCOCC1. The van der Waals surface area contributed by atoms with Crippen LogP contribution in [-0.2, 0) is 4.74 Å². The minimum Gasteiger partial charge on any atom is -0.381 e. The highest BCUT2D eigenvalue weighted by Crippen LogP contribution is 2.34. The third-order valence-electron chi connectivity index (χ3n) is 3.73. The number of ether oxygens (including phenoxy) is 1. The predicted octanol–water partition coefficient (Wildman–Crippen LogP) is 3.55. The van der Waals surface area contributed by atoms with Crippen molar-refractivity contribution in [3.05, 3.63) is 11.6 Å². The molecule has 2 fully saturated rings. The molecule has 0 aromatic carbocycles. The first-order valence-electron chi connectivity index (χ1n) is 6.13. The Morgan fingerprint density at radius 3 is 2.86 bits per heavy atom. The maximum Gasteiger partial charge on any atom is 0.0503 e. The Morgan fingerprint density at radius 2 is 2.07 bits per heavy atom. The maximum atomic E-state index is 5.48. The number of rotatable bonds is 1. The van der Waals surface area contributed by atoms with Gasteiger partial charge >= 0.3 is 0 Å². The summed E-state index contributed by atoms with van der Waals surface area (Å²) in [4.78, 5) is 0. The van der Waals surface area contributed by atoms with Crippen LogP contribution in [-0.4, -0.2) is 13.2 Å². The predicted molar refractivity (Wildman–Crippen MR) is 59.3 cm³/mol. The summed E-state index contributed by atoms with van der Waals surface area (Å²) in [7, 11) is 0. The van der Waals surface area contributed by atoms with Gasteiger partial charge in [0.15, 0.2) is 0 Å². The highest BCUT2D eigenvalue weighted by molar-refractivity contribution is 5.07. The highest BCUT2D eigenvalue weighted by Gasteiger charge is 2.21. The van der Waals surface area contributed by atoms with Crippen LogP contribution in [0.15, 0.2) is 11.6 Å². The normalized spacial score (nSPS) is 37.4. The van der Waals surface area contributed by atoms with E-state index in [0.717, 1.165) is 25.0 Å². The van der Waals surface area contributed by atoms with Gasteiger partial charge in [-0.3, -0.25) is 0 Å². The molecule has 1 nitrogen and oxygen atoms in total. The summed E-state index contributed by atoms with van der Waals surface area (Å²) in [5.41, 5.74) is 1.67. The fourth-order valence-corrected chi connectivity index (χ4v) is 2.72. The van der Waals surface area contributed by atoms with Gasteiger partial charge in [0.1, 0.15) is 0 Å². The summed E-state index contributed by atoms with van der Waals surface area (Å²) in [6.07, 6.45) is 10.6. The van der Waals surface area contributed by atoms with Gasteiger partial charge in [0.05, 0.1) is 6.61 Å². The van der Waals surface area contributed by atoms with Gasteiger partial charge < -0.3 is 4.74 Å². The van der Waals surface area contributed by atoms with Crippen LogP contribution in [0.25, 0.3) is 0 Å². The van der Waals surface area contributed by atoms with Gasteiger partial charge in [0.25, 0.3) is 0 Å². The Balaban J connectivity index is 1.93. The van der Waals surface area contributed by atoms with Gasteiger partial charge in [0, 0.05) is 6.61 Å². The molecule has 0 N–H and O–H groups in total. The standard InChI is InChI=1S/C13H22O/c1-11-4-2-6-13(11)10-12-5-3-8-14-9-7-12/h10-11,13H,2-9H2,1H3/b12-10-/t11-,13+/m1/s1. The average molecular weight is 194 g/mol. The fourth-order valence-electron chi connectivity index (χ4n) is 2.72. The Labute approximate surface area is 87.5 Å². The second-order valence-electron chi connectivity index (χ2n) is 4.86. The van der Waals surface area contributed by atoms with Crippen molar-refractivity contribution in [1.82, 2.24) is 0 Å². The molecule has 0 bridgehead atoms. The topological polar surface area (TPSA) is 9.23 Å². The first-order chi connectivity index (χ1) is 6.86. The van der Waals surface area contributed by atoms with Crippen LogP contribution in [0.2, 0.25) is 0 Å². The number of hydrogen-bond donors (Lipinski definition) is 0. The second kappa shape index (κ2) is 4.97. The average Bonchev–Trinajstić information content (AvgIpc) is 2.44. The van der Waals surface area contributed by atoms with E-state index in [-0.39, 0.29) is 0 Å². The molecule has 2 rings (SSSR count). The van der Waals surface area contributed by atoms with E-state index in [1.807, 2.05) is 0 Å². The molecular weight excluding hydrogens is 172 g/mol. The van der Waals surface area contributed by atoms with Gasteiger partial charge in [-0.25, -0.2) is 0 Å². The molecule has 1 aliphatic heterocycles. The Bertz CT molecular complexity index is 197. The van der Waals surface area contributed by atoms with Crippen LogP contribution in [0.1, 0.15) is 45.4 Å². The van der Waals surface area contributed by atoms with Crippen molar-refractivity contribution >= 4 is 0 Å². The molecule has 0 aromatic heterocycles. The van der Waals surface area contributed by atoms with Crippen LogP contribution < -0.4 is 0 Å². The second-order valence-corrected chi connectivity index (χ2v) is 4.86. The monoisotopic (exact) mass is 194 g/mol. The Kier molecular flexibility index (Phi) is 3.63. The third kappa shape index (κ3) is 2.60. The molecule has 1 saturated carbocycles. The largest absolute Gasteiger partial charge is 0.381 e. The Morgan fingerprint density at radius 1 is 1.14 bits per heavy atom. The molecule has 1 saturated heterocycles. The molecule has 0 amide bonds. The zero-order chi connectivity index (χ0) is 9.80. The molecular formula is C13H22O. The van der Waals surface area contributed by atoms with E-state index in [1.54, 1.807) is 5.57 Å². The van der Waals surface area contributed by atoms with Gasteiger partial charge in [-0.1, -0.05) is 31.4 Å². The summed E-state index contributed by atoms with van der Waals surface area (Å²) in [6, 6.07) is 0.